The number of aromatic nitrogens is 3. The van der Waals surface area contributed by atoms with Gasteiger partial charge in [0.1, 0.15) is 5.69 Å². The Bertz CT molecular complexity index is 1530. The van der Waals surface area contributed by atoms with Gasteiger partial charge in [-0.15, -0.1) is 0 Å². The summed E-state index contributed by atoms with van der Waals surface area (Å²) >= 11 is 6.23. The molecular formula is C28H26ClN7O. The van der Waals surface area contributed by atoms with Crippen LogP contribution in [0.15, 0.2) is 54.7 Å². The van der Waals surface area contributed by atoms with E-state index in [0.717, 1.165) is 42.0 Å². The molecule has 186 valence electrons. The second kappa shape index (κ2) is 10.3. The van der Waals surface area contributed by atoms with Crippen molar-refractivity contribution >= 4 is 29.1 Å². The van der Waals surface area contributed by atoms with Gasteiger partial charge in [-0.05, 0) is 55.0 Å². The molecule has 0 saturated carbocycles. The number of anilines is 2. The van der Waals surface area contributed by atoms with E-state index in [1.165, 1.54) is 0 Å². The Labute approximate surface area is 219 Å². The summed E-state index contributed by atoms with van der Waals surface area (Å²) in [7, 11) is 0. The molecule has 4 aromatic rings. The number of halogens is 1. The maximum Gasteiger partial charge on any atom is 0.250 e. The van der Waals surface area contributed by atoms with Crippen molar-refractivity contribution in [2.75, 3.05) is 30.7 Å². The number of hydrogen-bond donors (Lipinski definition) is 5. The van der Waals surface area contributed by atoms with Crippen LogP contribution in [0.1, 0.15) is 27.0 Å². The van der Waals surface area contributed by atoms with E-state index in [-0.39, 0.29) is 5.95 Å². The number of aryl methyl sites for hydroxylation is 1. The van der Waals surface area contributed by atoms with Gasteiger partial charge in [-0.25, -0.2) is 9.97 Å². The van der Waals surface area contributed by atoms with Crippen LogP contribution in [-0.2, 0) is 0 Å². The molecule has 3 heterocycles. The standard InChI is InChI=1S/C28H26ClN7O/c1-16-2-7-20(29)10-22(16)26-23(27(30)37)11-24(35-26)25-19(15-34-28(31)36-25)6-3-17-4-8-21(9-5-17)33-14-18-12-32-13-18/h2,4-5,7-11,15,18,32-33,35H,12-14H2,1H3,(H2,30,37)(H2,31,34,36). The van der Waals surface area contributed by atoms with E-state index in [9.17, 15) is 4.79 Å². The number of amides is 1. The minimum atomic E-state index is -0.575. The largest absolute Gasteiger partial charge is 0.385 e. The summed E-state index contributed by atoms with van der Waals surface area (Å²) in [4.78, 5) is 24.1. The summed E-state index contributed by atoms with van der Waals surface area (Å²) in [6.45, 7) is 5.00. The molecule has 1 saturated heterocycles. The number of carbonyl (C=O) groups excluding carboxylic acids is 1. The van der Waals surface area contributed by atoms with Gasteiger partial charge >= 0.3 is 0 Å². The lowest BCUT2D eigenvalue weighted by Gasteiger charge is -2.27. The highest BCUT2D eigenvalue weighted by Crippen LogP contribution is 2.33. The molecule has 0 unspecified atom stereocenters. The molecule has 1 fully saturated rings. The fourth-order valence-corrected chi connectivity index (χ4v) is 4.28. The lowest BCUT2D eigenvalue weighted by molar-refractivity contribution is 0.100. The molecule has 0 bridgehead atoms. The smallest absolute Gasteiger partial charge is 0.250 e. The number of benzene rings is 2. The van der Waals surface area contributed by atoms with Crippen molar-refractivity contribution in [2.24, 2.45) is 11.7 Å². The van der Waals surface area contributed by atoms with Crippen LogP contribution < -0.4 is 22.1 Å². The third-order valence-corrected chi connectivity index (χ3v) is 6.54. The van der Waals surface area contributed by atoms with E-state index in [2.05, 4.69) is 37.4 Å². The molecule has 0 aliphatic carbocycles. The molecular weight excluding hydrogens is 486 g/mol. The van der Waals surface area contributed by atoms with E-state index in [4.69, 9.17) is 23.1 Å². The molecule has 0 atom stereocenters. The first-order valence-corrected chi connectivity index (χ1v) is 12.2. The first kappa shape index (κ1) is 24.4. The fraction of sp³-hybridized carbons (Fsp3) is 0.179. The first-order chi connectivity index (χ1) is 17.9. The van der Waals surface area contributed by atoms with Crippen molar-refractivity contribution in [1.29, 1.82) is 0 Å². The number of nitrogens with one attached hydrogen (secondary N) is 3. The number of rotatable bonds is 6. The summed E-state index contributed by atoms with van der Waals surface area (Å²) in [5.41, 5.74) is 17.7. The van der Waals surface area contributed by atoms with Crippen molar-refractivity contribution in [2.45, 2.75) is 6.92 Å². The van der Waals surface area contributed by atoms with E-state index in [1.807, 2.05) is 37.3 Å². The van der Waals surface area contributed by atoms with Crippen molar-refractivity contribution < 1.29 is 4.79 Å². The lowest BCUT2D eigenvalue weighted by atomic mass is 10.0. The lowest BCUT2D eigenvalue weighted by Crippen LogP contribution is -2.45. The molecule has 9 heteroatoms. The molecule has 5 rings (SSSR count). The third-order valence-electron chi connectivity index (χ3n) is 6.30. The average molecular weight is 512 g/mol. The number of nitrogens with zero attached hydrogens (tertiary/aromatic N) is 2. The Morgan fingerprint density at radius 2 is 1.95 bits per heavy atom. The van der Waals surface area contributed by atoms with Crippen LogP contribution in [-0.4, -0.2) is 40.5 Å². The highest BCUT2D eigenvalue weighted by atomic mass is 35.5. The molecule has 1 amide bonds. The zero-order chi connectivity index (χ0) is 25.9. The Hall–Kier alpha value is -4.32. The van der Waals surface area contributed by atoms with Crippen molar-refractivity contribution in [3.05, 3.63) is 82.0 Å². The topological polar surface area (TPSA) is 135 Å². The SMILES string of the molecule is Cc1ccc(Cl)cc1-c1[nH]c(-c2nc(N)ncc2C#Cc2ccc(NCC3CNC3)cc2)cc1C(N)=O. The van der Waals surface area contributed by atoms with Crippen molar-refractivity contribution in [1.82, 2.24) is 20.3 Å². The molecule has 0 spiro atoms. The minimum absolute atomic E-state index is 0.0911. The minimum Gasteiger partial charge on any atom is -0.385 e. The van der Waals surface area contributed by atoms with Crippen LogP contribution in [0.5, 0.6) is 0 Å². The summed E-state index contributed by atoms with van der Waals surface area (Å²) in [5, 5.41) is 7.27. The fourth-order valence-electron chi connectivity index (χ4n) is 4.11. The normalized spacial score (nSPS) is 12.9. The Morgan fingerprint density at radius 1 is 1.16 bits per heavy atom. The monoisotopic (exact) mass is 511 g/mol. The van der Waals surface area contributed by atoms with Crippen molar-refractivity contribution in [3.8, 4) is 34.5 Å². The molecule has 1 aliphatic rings. The summed E-state index contributed by atoms with van der Waals surface area (Å²) in [6, 6.07) is 15.1. The maximum atomic E-state index is 12.3. The number of nitrogen functional groups attached to an aromatic ring is 1. The number of primary amides is 1. The van der Waals surface area contributed by atoms with E-state index in [0.29, 0.717) is 39.1 Å². The van der Waals surface area contributed by atoms with Gasteiger partial charge in [-0.2, -0.15) is 0 Å². The molecule has 0 radical (unpaired) electrons. The zero-order valence-corrected chi connectivity index (χ0v) is 21.0. The molecule has 8 nitrogen and oxygen atoms in total. The third kappa shape index (κ3) is 5.43. The molecule has 7 N–H and O–H groups in total. The first-order valence-electron chi connectivity index (χ1n) is 11.9. The van der Waals surface area contributed by atoms with Gasteiger partial charge in [-0.1, -0.05) is 29.5 Å². The van der Waals surface area contributed by atoms with Crippen LogP contribution in [0.25, 0.3) is 22.6 Å². The number of nitrogens with two attached hydrogens (primary N) is 2. The predicted molar refractivity (Wildman–Crippen MR) is 147 cm³/mol. The van der Waals surface area contributed by atoms with Gasteiger partial charge in [0.2, 0.25) is 5.95 Å². The van der Waals surface area contributed by atoms with Gasteiger partial charge in [0.25, 0.3) is 5.91 Å². The molecule has 2 aromatic carbocycles. The predicted octanol–water partition coefficient (Wildman–Crippen LogP) is 3.81. The van der Waals surface area contributed by atoms with Gasteiger partial charge in [0.05, 0.1) is 22.5 Å². The zero-order valence-electron chi connectivity index (χ0n) is 20.2. The van der Waals surface area contributed by atoms with Gasteiger partial charge < -0.3 is 27.1 Å². The summed E-state index contributed by atoms with van der Waals surface area (Å²) in [6.07, 6.45) is 1.57. The highest BCUT2D eigenvalue weighted by molar-refractivity contribution is 6.31. The second-order valence-electron chi connectivity index (χ2n) is 9.02. The maximum absolute atomic E-state index is 12.3. The summed E-state index contributed by atoms with van der Waals surface area (Å²) < 4.78 is 0. The second-order valence-corrected chi connectivity index (χ2v) is 9.45. The number of carbonyl (C=O) groups is 1. The molecule has 2 aromatic heterocycles. The van der Waals surface area contributed by atoms with Crippen LogP contribution in [0.2, 0.25) is 5.02 Å². The highest BCUT2D eigenvalue weighted by Gasteiger charge is 2.20. The number of hydrogen-bond acceptors (Lipinski definition) is 6. The van der Waals surface area contributed by atoms with Crippen LogP contribution >= 0.6 is 11.6 Å². The Kier molecular flexibility index (Phi) is 6.82. The van der Waals surface area contributed by atoms with E-state index < -0.39 is 5.91 Å². The van der Waals surface area contributed by atoms with Gasteiger partial charge in [0, 0.05) is 53.6 Å². The molecule has 37 heavy (non-hydrogen) atoms. The average Bonchev–Trinajstić information content (AvgIpc) is 3.30. The van der Waals surface area contributed by atoms with Crippen LogP contribution in [0.3, 0.4) is 0 Å². The number of H-pyrrole nitrogens is 1. The summed E-state index contributed by atoms with van der Waals surface area (Å²) in [5.74, 6) is 6.50. The van der Waals surface area contributed by atoms with E-state index in [1.54, 1.807) is 24.4 Å². The van der Waals surface area contributed by atoms with Crippen LogP contribution in [0, 0.1) is 24.7 Å². The Morgan fingerprint density at radius 3 is 2.65 bits per heavy atom. The van der Waals surface area contributed by atoms with Gasteiger partial charge in [0.15, 0.2) is 0 Å². The molecule has 1 aliphatic heterocycles. The van der Waals surface area contributed by atoms with Crippen molar-refractivity contribution in [3.63, 3.8) is 0 Å². The van der Waals surface area contributed by atoms with Gasteiger partial charge in [-0.3, -0.25) is 4.79 Å². The Balaban J connectivity index is 1.47. The van der Waals surface area contributed by atoms with E-state index >= 15 is 0 Å². The quantitative estimate of drug-likeness (QED) is 0.250. The van der Waals surface area contributed by atoms with Crippen LogP contribution in [0.4, 0.5) is 11.6 Å². The number of aromatic amines is 1.